The Bertz CT molecular complexity index is 583. The normalized spacial score (nSPS) is 11.4. The number of rotatable bonds is 6. The van der Waals surface area contributed by atoms with E-state index in [0.29, 0.717) is 5.56 Å². The summed E-state index contributed by atoms with van der Waals surface area (Å²) in [6.07, 6.45) is -0.775. The molecule has 0 saturated heterocycles. The Morgan fingerprint density at radius 2 is 2.21 bits per heavy atom. The highest BCUT2D eigenvalue weighted by atomic mass is 79.9. The number of ether oxygens (including phenoxy) is 1. The van der Waals surface area contributed by atoms with Crippen LogP contribution in [0.4, 0.5) is 8.78 Å². The minimum Gasteiger partial charge on any atom is -0.375 e. The molecule has 1 aromatic heterocycles. The molecule has 1 aromatic carbocycles. The molecule has 0 aliphatic carbocycles. The summed E-state index contributed by atoms with van der Waals surface area (Å²) in [6, 6.07) is 5.56. The number of nitrogens with one attached hydrogen (secondary N) is 1. The summed E-state index contributed by atoms with van der Waals surface area (Å²) in [4.78, 5) is 15.0. The maximum Gasteiger partial charge on any atom is 0.261 e. The van der Waals surface area contributed by atoms with Crippen molar-refractivity contribution >= 4 is 32.6 Å². The third-order valence-electron chi connectivity index (χ3n) is 2.66. The number of aromatic nitrogens is 1. The van der Waals surface area contributed by atoms with Gasteiger partial charge >= 0.3 is 0 Å². The number of H-pyrrole nitrogens is 1. The lowest BCUT2D eigenvalue weighted by Crippen LogP contribution is -2.09. The Labute approximate surface area is 117 Å². The molecule has 2 aromatic rings. The summed E-state index contributed by atoms with van der Waals surface area (Å²) in [5, 5.41) is 0.821. The van der Waals surface area contributed by atoms with E-state index in [0.717, 1.165) is 15.4 Å². The fraction of sp³-hybridized carbons (Fsp3) is 0.308. The van der Waals surface area contributed by atoms with Gasteiger partial charge in [-0.1, -0.05) is 22.0 Å². The zero-order valence-corrected chi connectivity index (χ0v) is 11.5. The third kappa shape index (κ3) is 3.61. The molecule has 19 heavy (non-hydrogen) atoms. The average molecular weight is 332 g/mol. The quantitative estimate of drug-likeness (QED) is 0.646. The number of benzene rings is 1. The Kier molecular flexibility index (Phi) is 4.66. The molecule has 0 bridgehead atoms. The van der Waals surface area contributed by atoms with Gasteiger partial charge in [0.25, 0.3) is 6.43 Å². The van der Waals surface area contributed by atoms with Gasteiger partial charge in [0.2, 0.25) is 0 Å². The number of carbonyl (C=O) groups is 1. The van der Waals surface area contributed by atoms with E-state index in [9.17, 15) is 13.6 Å². The van der Waals surface area contributed by atoms with Crippen molar-refractivity contribution in [3.05, 3.63) is 34.4 Å². The second kappa shape index (κ2) is 6.25. The molecule has 0 saturated carbocycles. The van der Waals surface area contributed by atoms with Crippen molar-refractivity contribution in [2.24, 2.45) is 0 Å². The Morgan fingerprint density at radius 3 is 2.95 bits per heavy atom. The van der Waals surface area contributed by atoms with Crippen molar-refractivity contribution in [2.75, 3.05) is 13.2 Å². The SMILES string of the molecule is O=C(CCOCC(F)F)c1c[nH]c2cc(Br)ccc12. The lowest BCUT2D eigenvalue weighted by Gasteiger charge is -2.02. The third-order valence-corrected chi connectivity index (χ3v) is 3.15. The summed E-state index contributed by atoms with van der Waals surface area (Å²) < 4.78 is 29.3. The molecule has 0 fully saturated rings. The smallest absolute Gasteiger partial charge is 0.261 e. The van der Waals surface area contributed by atoms with Gasteiger partial charge < -0.3 is 9.72 Å². The van der Waals surface area contributed by atoms with E-state index in [2.05, 4.69) is 20.9 Å². The molecule has 0 spiro atoms. The van der Waals surface area contributed by atoms with Crippen LogP contribution in [0.2, 0.25) is 0 Å². The summed E-state index contributed by atoms with van der Waals surface area (Å²) in [6.45, 7) is -0.625. The van der Waals surface area contributed by atoms with Crippen LogP contribution in [0, 0.1) is 0 Å². The fourth-order valence-electron chi connectivity index (χ4n) is 1.80. The monoisotopic (exact) mass is 331 g/mol. The zero-order chi connectivity index (χ0) is 13.8. The number of ketones is 1. The predicted octanol–water partition coefficient (Wildman–Crippen LogP) is 3.78. The van der Waals surface area contributed by atoms with E-state index in [4.69, 9.17) is 4.74 Å². The van der Waals surface area contributed by atoms with E-state index in [1.165, 1.54) is 0 Å². The number of hydrogen-bond donors (Lipinski definition) is 1. The highest BCUT2D eigenvalue weighted by molar-refractivity contribution is 9.10. The van der Waals surface area contributed by atoms with E-state index in [1.54, 1.807) is 6.20 Å². The topological polar surface area (TPSA) is 42.1 Å². The number of hydrogen-bond acceptors (Lipinski definition) is 2. The molecule has 0 amide bonds. The maximum atomic E-state index is 12.0. The fourth-order valence-corrected chi connectivity index (χ4v) is 2.16. The van der Waals surface area contributed by atoms with Crippen LogP contribution >= 0.6 is 15.9 Å². The molecule has 102 valence electrons. The Hall–Kier alpha value is -1.27. The molecule has 3 nitrogen and oxygen atoms in total. The molecule has 6 heteroatoms. The van der Waals surface area contributed by atoms with Crippen LogP contribution in [0.25, 0.3) is 10.9 Å². The molecule has 0 aliphatic rings. The number of aromatic amines is 1. The van der Waals surface area contributed by atoms with Crippen LogP contribution in [0.5, 0.6) is 0 Å². The van der Waals surface area contributed by atoms with Crippen molar-refractivity contribution in [1.82, 2.24) is 4.98 Å². The first-order valence-corrected chi connectivity index (χ1v) is 6.53. The number of fused-ring (bicyclic) bond motifs is 1. The van der Waals surface area contributed by atoms with Crippen molar-refractivity contribution in [3.8, 4) is 0 Å². The Balaban J connectivity index is 2.01. The highest BCUT2D eigenvalue weighted by Gasteiger charge is 2.12. The minimum atomic E-state index is -2.50. The molecular formula is C13H12BrF2NO2. The van der Waals surface area contributed by atoms with Crippen molar-refractivity contribution in [3.63, 3.8) is 0 Å². The summed E-state index contributed by atoms with van der Waals surface area (Å²) in [7, 11) is 0. The largest absolute Gasteiger partial charge is 0.375 e. The average Bonchev–Trinajstić information content (AvgIpc) is 2.77. The van der Waals surface area contributed by atoms with Crippen molar-refractivity contribution in [2.45, 2.75) is 12.8 Å². The van der Waals surface area contributed by atoms with Crippen LogP contribution in [0.1, 0.15) is 16.8 Å². The van der Waals surface area contributed by atoms with Gasteiger partial charge in [0.05, 0.1) is 6.61 Å². The standard InChI is InChI=1S/C13H12BrF2NO2/c14-8-1-2-9-10(6-17-11(9)5-8)12(18)3-4-19-7-13(15)16/h1-2,5-6,13,17H,3-4,7H2. The van der Waals surface area contributed by atoms with Gasteiger partial charge in [0.15, 0.2) is 5.78 Å². The first-order chi connectivity index (χ1) is 9.08. The second-order valence-corrected chi connectivity index (χ2v) is 4.95. The van der Waals surface area contributed by atoms with Gasteiger partial charge in [-0.25, -0.2) is 8.78 Å². The molecule has 1 N–H and O–H groups in total. The molecular weight excluding hydrogens is 320 g/mol. The van der Waals surface area contributed by atoms with Gasteiger partial charge in [-0.15, -0.1) is 0 Å². The number of halogens is 3. The first-order valence-electron chi connectivity index (χ1n) is 5.73. The number of alkyl halides is 2. The van der Waals surface area contributed by atoms with Crippen molar-refractivity contribution < 1.29 is 18.3 Å². The minimum absolute atomic E-state index is 0.00632. The molecule has 1 heterocycles. The van der Waals surface area contributed by atoms with Gasteiger partial charge in [0.1, 0.15) is 6.61 Å². The summed E-state index contributed by atoms with van der Waals surface area (Å²) in [5.74, 6) is -0.122. The lowest BCUT2D eigenvalue weighted by molar-refractivity contribution is 0.0170. The lowest BCUT2D eigenvalue weighted by atomic mass is 10.1. The van der Waals surface area contributed by atoms with Gasteiger partial charge in [0, 0.05) is 33.6 Å². The molecule has 0 unspecified atom stereocenters. The predicted molar refractivity (Wildman–Crippen MR) is 71.8 cm³/mol. The van der Waals surface area contributed by atoms with E-state index >= 15 is 0 Å². The Morgan fingerprint density at radius 1 is 1.42 bits per heavy atom. The van der Waals surface area contributed by atoms with Gasteiger partial charge in [-0.2, -0.15) is 0 Å². The van der Waals surface area contributed by atoms with E-state index < -0.39 is 13.0 Å². The highest BCUT2D eigenvalue weighted by Crippen LogP contribution is 2.23. The van der Waals surface area contributed by atoms with Gasteiger partial charge in [-0.3, -0.25) is 4.79 Å². The molecule has 0 aliphatic heterocycles. The maximum absolute atomic E-state index is 12.0. The molecule has 0 radical (unpaired) electrons. The van der Waals surface area contributed by atoms with Gasteiger partial charge in [-0.05, 0) is 12.1 Å². The number of Topliss-reactive ketones (excluding diaryl/α,β-unsaturated/α-hetero) is 1. The molecule has 2 rings (SSSR count). The van der Waals surface area contributed by atoms with Crippen LogP contribution in [0.3, 0.4) is 0 Å². The van der Waals surface area contributed by atoms with E-state index in [1.807, 2.05) is 18.2 Å². The van der Waals surface area contributed by atoms with Crippen LogP contribution in [-0.4, -0.2) is 30.4 Å². The van der Waals surface area contributed by atoms with Crippen LogP contribution < -0.4 is 0 Å². The first kappa shape index (κ1) is 14.1. The second-order valence-electron chi connectivity index (χ2n) is 4.03. The number of carbonyl (C=O) groups excluding carboxylic acids is 1. The zero-order valence-electron chi connectivity index (χ0n) is 9.96. The van der Waals surface area contributed by atoms with Crippen LogP contribution in [0.15, 0.2) is 28.9 Å². The van der Waals surface area contributed by atoms with Crippen LogP contribution in [-0.2, 0) is 4.74 Å². The molecule has 0 atom stereocenters. The van der Waals surface area contributed by atoms with E-state index in [-0.39, 0.29) is 18.8 Å². The summed E-state index contributed by atoms with van der Waals surface area (Å²) >= 11 is 3.35. The summed E-state index contributed by atoms with van der Waals surface area (Å²) in [5.41, 5.74) is 1.41. The van der Waals surface area contributed by atoms with Crippen molar-refractivity contribution in [1.29, 1.82) is 0 Å².